The zero-order valence-corrected chi connectivity index (χ0v) is 8.41. The van der Waals surface area contributed by atoms with Gasteiger partial charge in [0, 0.05) is 24.3 Å². The van der Waals surface area contributed by atoms with E-state index in [2.05, 4.69) is 34.1 Å². The summed E-state index contributed by atoms with van der Waals surface area (Å²) in [4.78, 5) is 11.6. The third-order valence-corrected chi connectivity index (χ3v) is 1.97. The van der Waals surface area contributed by atoms with Crippen LogP contribution in [0, 0.1) is 5.92 Å². The van der Waals surface area contributed by atoms with Crippen LogP contribution < -0.4 is 5.32 Å². The van der Waals surface area contributed by atoms with Crippen LogP contribution in [0.15, 0.2) is 18.5 Å². The monoisotopic (exact) mass is 190 g/mol. The summed E-state index contributed by atoms with van der Waals surface area (Å²) in [7, 11) is 0. The molecule has 0 fully saturated rings. The van der Waals surface area contributed by atoms with Crippen LogP contribution in [0.5, 0.6) is 0 Å². The van der Waals surface area contributed by atoms with Crippen molar-refractivity contribution in [2.75, 3.05) is 11.9 Å². The maximum absolute atomic E-state index is 4.33. The van der Waals surface area contributed by atoms with Gasteiger partial charge in [0.1, 0.15) is 5.65 Å². The Kier molecular flexibility index (Phi) is 2.35. The van der Waals surface area contributed by atoms with Gasteiger partial charge >= 0.3 is 0 Å². The fraction of sp³-hybridized carbons (Fsp3) is 0.400. The molecular weight excluding hydrogens is 176 g/mol. The summed E-state index contributed by atoms with van der Waals surface area (Å²) < 4.78 is 0. The second kappa shape index (κ2) is 3.65. The number of nitrogens with one attached hydrogen (secondary N) is 2. The van der Waals surface area contributed by atoms with Crippen LogP contribution in [-0.2, 0) is 0 Å². The molecule has 0 bridgehead atoms. The van der Waals surface area contributed by atoms with Crippen LogP contribution in [-0.4, -0.2) is 21.5 Å². The molecular formula is C10H14N4. The molecule has 0 unspecified atom stereocenters. The molecule has 2 N–H and O–H groups in total. The largest absolute Gasteiger partial charge is 0.354 e. The molecule has 4 nitrogen and oxygen atoms in total. The molecule has 4 heteroatoms. The van der Waals surface area contributed by atoms with Crippen LogP contribution in [0.4, 0.5) is 5.95 Å². The van der Waals surface area contributed by atoms with E-state index in [9.17, 15) is 0 Å². The van der Waals surface area contributed by atoms with Crippen molar-refractivity contribution in [3.8, 4) is 0 Å². The Morgan fingerprint density at radius 3 is 3.14 bits per heavy atom. The molecule has 0 aromatic carbocycles. The van der Waals surface area contributed by atoms with Crippen molar-refractivity contribution >= 4 is 17.0 Å². The minimum atomic E-state index is 0.595. The predicted molar refractivity (Wildman–Crippen MR) is 57.2 cm³/mol. The maximum Gasteiger partial charge on any atom is 0.224 e. The molecule has 0 aliphatic heterocycles. The average Bonchev–Trinajstić information content (AvgIpc) is 2.61. The fourth-order valence-electron chi connectivity index (χ4n) is 1.22. The quantitative estimate of drug-likeness (QED) is 0.778. The lowest BCUT2D eigenvalue weighted by molar-refractivity contribution is 0.685. The van der Waals surface area contributed by atoms with Crippen molar-refractivity contribution in [3.63, 3.8) is 0 Å². The van der Waals surface area contributed by atoms with Gasteiger partial charge in [-0.2, -0.15) is 4.98 Å². The van der Waals surface area contributed by atoms with Gasteiger partial charge in [-0.25, -0.2) is 4.98 Å². The average molecular weight is 190 g/mol. The maximum atomic E-state index is 4.33. The van der Waals surface area contributed by atoms with E-state index >= 15 is 0 Å². The summed E-state index contributed by atoms with van der Waals surface area (Å²) >= 11 is 0. The normalized spacial score (nSPS) is 11.1. The molecule has 2 aromatic heterocycles. The van der Waals surface area contributed by atoms with E-state index in [-0.39, 0.29) is 0 Å². The lowest BCUT2D eigenvalue weighted by Gasteiger charge is -2.06. The first-order chi connectivity index (χ1) is 6.75. The van der Waals surface area contributed by atoms with Crippen molar-refractivity contribution in [1.29, 1.82) is 0 Å². The summed E-state index contributed by atoms with van der Waals surface area (Å²) in [6.07, 6.45) is 3.69. The van der Waals surface area contributed by atoms with E-state index in [4.69, 9.17) is 0 Å². The van der Waals surface area contributed by atoms with Gasteiger partial charge in [0.25, 0.3) is 0 Å². The minimum absolute atomic E-state index is 0.595. The lowest BCUT2D eigenvalue weighted by Crippen LogP contribution is -2.10. The molecule has 2 aromatic rings. The highest BCUT2D eigenvalue weighted by atomic mass is 15.1. The number of anilines is 1. The highest BCUT2D eigenvalue weighted by molar-refractivity contribution is 5.75. The molecule has 0 saturated carbocycles. The number of H-pyrrole nitrogens is 1. The zero-order chi connectivity index (χ0) is 9.97. The topological polar surface area (TPSA) is 53.6 Å². The van der Waals surface area contributed by atoms with Crippen LogP contribution in [0.2, 0.25) is 0 Å². The first-order valence-corrected chi connectivity index (χ1v) is 4.79. The first kappa shape index (κ1) is 8.99. The Hall–Kier alpha value is -1.58. The Balaban J connectivity index is 2.17. The van der Waals surface area contributed by atoms with Gasteiger partial charge in [-0.05, 0) is 12.0 Å². The lowest BCUT2D eigenvalue weighted by atomic mass is 10.2. The Bertz CT molecular complexity index is 419. The third kappa shape index (κ3) is 1.84. The van der Waals surface area contributed by atoms with Gasteiger partial charge < -0.3 is 10.3 Å². The van der Waals surface area contributed by atoms with Crippen LogP contribution in [0.3, 0.4) is 0 Å². The van der Waals surface area contributed by atoms with Gasteiger partial charge in [-0.1, -0.05) is 13.8 Å². The van der Waals surface area contributed by atoms with Crippen molar-refractivity contribution in [2.45, 2.75) is 13.8 Å². The zero-order valence-electron chi connectivity index (χ0n) is 8.41. The van der Waals surface area contributed by atoms with E-state index in [1.807, 2.05) is 18.5 Å². The van der Waals surface area contributed by atoms with Crippen LogP contribution in [0.1, 0.15) is 13.8 Å². The third-order valence-electron chi connectivity index (χ3n) is 1.97. The summed E-state index contributed by atoms with van der Waals surface area (Å²) in [5, 5.41) is 4.23. The highest BCUT2D eigenvalue weighted by Gasteiger charge is 2.00. The van der Waals surface area contributed by atoms with Gasteiger partial charge in [-0.3, -0.25) is 0 Å². The molecule has 74 valence electrons. The molecule has 14 heavy (non-hydrogen) atoms. The summed E-state index contributed by atoms with van der Waals surface area (Å²) in [5.74, 6) is 1.28. The van der Waals surface area contributed by atoms with Crippen molar-refractivity contribution in [2.24, 2.45) is 5.92 Å². The molecule has 2 rings (SSSR count). The first-order valence-electron chi connectivity index (χ1n) is 4.79. The smallest absolute Gasteiger partial charge is 0.224 e. The predicted octanol–water partition coefficient (Wildman–Crippen LogP) is 2.03. The molecule has 2 heterocycles. The molecule has 0 atom stereocenters. The number of fused-ring (bicyclic) bond motifs is 1. The number of rotatable bonds is 3. The SMILES string of the molecule is CC(C)CNc1ncc2cc[nH]c2n1. The molecule has 0 radical (unpaired) electrons. The second-order valence-corrected chi connectivity index (χ2v) is 3.75. The van der Waals surface area contributed by atoms with E-state index < -0.39 is 0 Å². The minimum Gasteiger partial charge on any atom is -0.354 e. The van der Waals surface area contributed by atoms with E-state index in [1.165, 1.54) is 0 Å². The number of nitrogens with zero attached hydrogens (tertiary/aromatic N) is 2. The fourth-order valence-corrected chi connectivity index (χ4v) is 1.22. The van der Waals surface area contributed by atoms with Gasteiger partial charge in [0.05, 0.1) is 0 Å². The molecule has 0 aliphatic carbocycles. The van der Waals surface area contributed by atoms with E-state index in [0.717, 1.165) is 17.6 Å². The standard InChI is InChI=1S/C10H14N4/c1-7(2)5-12-10-13-6-8-3-4-11-9(8)14-10/h3-4,6-7H,5H2,1-2H3,(H2,11,12,13,14). The molecule has 0 saturated heterocycles. The van der Waals surface area contributed by atoms with Gasteiger partial charge in [-0.15, -0.1) is 0 Å². The van der Waals surface area contributed by atoms with Crippen molar-refractivity contribution in [1.82, 2.24) is 15.0 Å². The van der Waals surface area contributed by atoms with Crippen molar-refractivity contribution < 1.29 is 0 Å². The molecule has 0 amide bonds. The summed E-state index contributed by atoms with van der Waals surface area (Å²) in [6.45, 7) is 5.20. The Labute approximate surface area is 82.8 Å². The Morgan fingerprint density at radius 1 is 1.50 bits per heavy atom. The number of aromatic nitrogens is 3. The van der Waals surface area contributed by atoms with Crippen LogP contribution in [0.25, 0.3) is 11.0 Å². The molecule has 0 spiro atoms. The van der Waals surface area contributed by atoms with Crippen molar-refractivity contribution in [3.05, 3.63) is 18.5 Å². The van der Waals surface area contributed by atoms with E-state index in [0.29, 0.717) is 11.9 Å². The highest BCUT2D eigenvalue weighted by Crippen LogP contribution is 2.10. The summed E-state index contributed by atoms with van der Waals surface area (Å²) in [5.41, 5.74) is 0.881. The van der Waals surface area contributed by atoms with E-state index in [1.54, 1.807) is 0 Å². The Morgan fingerprint density at radius 2 is 2.36 bits per heavy atom. The number of aromatic amines is 1. The summed E-state index contributed by atoms with van der Waals surface area (Å²) in [6, 6.07) is 1.96. The van der Waals surface area contributed by atoms with Gasteiger partial charge in [0.2, 0.25) is 5.95 Å². The number of hydrogen-bond acceptors (Lipinski definition) is 3. The van der Waals surface area contributed by atoms with Gasteiger partial charge in [0.15, 0.2) is 0 Å². The second-order valence-electron chi connectivity index (χ2n) is 3.75. The number of hydrogen-bond donors (Lipinski definition) is 2. The van der Waals surface area contributed by atoms with Crippen LogP contribution >= 0.6 is 0 Å². The molecule has 0 aliphatic rings.